The average Bonchev–Trinajstić information content (AvgIpc) is 2.27. The second kappa shape index (κ2) is 6.79. The molecular formula is C11H13IO3. The highest BCUT2D eigenvalue weighted by atomic mass is 127. The summed E-state index contributed by atoms with van der Waals surface area (Å²) in [6.45, 7) is 0.271. The maximum atomic E-state index is 11.2. The lowest BCUT2D eigenvalue weighted by Crippen LogP contribution is -2.16. The van der Waals surface area contributed by atoms with E-state index in [1.165, 1.54) is 0 Å². The molecule has 1 aromatic carbocycles. The molecule has 1 atom stereocenters. The summed E-state index contributed by atoms with van der Waals surface area (Å²) in [6.07, 6.45) is -0.538. The summed E-state index contributed by atoms with van der Waals surface area (Å²) in [7, 11) is 0. The molecule has 0 aromatic heterocycles. The van der Waals surface area contributed by atoms with E-state index in [1.54, 1.807) is 0 Å². The molecule has 1 aromatic rings. The molecule has 0 spiro atoms. The van der Waals surface area contributed by atoms with Gasteiger partial charge in [0.1, 0.15) is 6.61 Å². The minimum Gasteiger partial charge on any atom is -0.461 e. The molecule has 0 bridgehead atoms. The van der Waals surface area contributed by atoms with Crippen LogP contribution in [-0.2, 0) is 16.1 Å². The number of rotatable bonds is 5. The zero-order chi connectivity index (χ0) is 11.1. The standard InChI is InChI=1S/C11H13IO3/c12-7-10(13)6-11(14)15-8-9-4-2-1-3-5-9/h1-5,10,13H,6-8H2/t10-/m0/s1. The predicted octanol–water partition coefficient (Wildman–Crippen LogP) is 1.92. The lowest BCUT2D eigenvalue weighted by molar-refractivity contribution is -0.146. The number of esters is 1. The summed E-state index contributed by atoms with van der Waals surface area (Å²) >= 11 is 2.03. The molecule has 0 saturated heterocycles. The van der Waals surface area contributed by atoms with E-state index in [0.717, 1.165) is 5.56 Å². The Morgan fingerprint density at radius 3 is 2.67 bits per heavy atom. The maximum absolute atomic E-state index is 11.2. The van der Waals surface area contributed by atoms with Crippen LogP contribution >= 0.6 is 22.6 Å². The first-order chi connectivity index (χ1) is 7.22. The van der Waals surface area contributed by atoms with Crippen molar-refractivity contribution in [2.45, 2.75) is 19.1 Å². The van der Waals surface area contributed by atoms with E-state index in [2.05, 4.69) is 0 Å². The lowest BCUT2D eigenvalue weighted by Gasteiger charge is -2.07. The van der Waals surface area contributed by atoms with E-state index in [4.69, 9.17) is 4.74 Å². The minimum absolute atomic E-state index is 0.0653. The van der Waals surface area contributed by atoms with Gasteiger partial charge in [0.15, 0.2) is 0 Å². The van der Waals surface area contributed by atoms with Crippen LogP contribution in [0.4, 0.5) is 0 Å². The Hall–Kier alpha value is -0.620. The summed E-state index contributed by atoms with van der Waals surface area (Å²) < 4.78 is 5.54. The molecule has 15 heavy (non-hydrogen) atoms. The Labute approximate surface area is 103 Å². The predicted molar refractivity (Wildman–Crippen MR) is 65.7 cm³/mol. The molecule has 82 valence electrons. The first kappa shape index (κ1) is 12.4. The largest absolute Gasteiger partial charge is 0.461 e. The van der Waals surface area contributed by atoms with Gasteiger partial charge in [-0.15, -0.1) is 0 Å². The Balaban J connectivity index is 2.29. The van der Waals surface area contributed by atoms with Gasteiger partial charge in [0, 0.05) is 4.43 Å². The van der Waals surface area contributed by atoms with Gasteiger partial charge < -0.3 is 9.84 Å². The quantitative estimate of drug-likeness (QED) is 0.512. The highest BCUT2D eigenvalue weighted by Gasteiger charge is 2.10. The fourth-order valence-corrected chi connectivity index (χ4v) is 1.36. The molecule has 0 unspecified atom stereocenters. The van der Waals surface area contributed by atoms with Crippen molar-refractivity contribution < 1.29 is 14.6 Å². The zero-order valence-electron chi connectivity index (χ0n) is 8.23. The van der Waals surface area contributed by atoms with Crippen LogP contribution < -0.4 is 0 Å². The van der Waals surface area contributed by atoms with Gasteiger partial charge in [-0.3, -0.25) is 4.79 Å². The number of hydrogen-bond acceptors (Lipinski definition) is 3. The van der Waals surface area contributed by atoms with Crippen molar-refractivity contribution in [2.75, 3.05) is 4.43 Å². The molecule has 1 N–H and O–H groups in total. The van der Waals surface area contributed by atoms with Crippen LogP contribution in [0.2, 0.25) is 0 Å². The van der Waals surface area contributed by atoms with Crippen LogP contribution in [0.3, 0.4) is 0 Å². The SMILES string of the molecule is O=C(C[C@H](O)CI)OCc1ccccc1. The third kappa shape index (κ3) is 5.13. The van der Waals surface area contributed by atoms with Gasteiger partial charge in [-0.1, -0.05) is 52.9 Å². The molecule has 0 aliphatic heterocycles. The van der Waals surface area contributed by atoms with E-state index in [1.807, 2.05) is 52.9 Å². The van der Waals surface area contributed by atoms with Crippen LogP contribution in [0, 0.1) is 0 Å². The number of ether oxygens (including phenoxy) is 1. The number of aliphatic hydroxyl groups excluding tert-OH is 1. The maximum Gasteiger partial charge on any atom is 0.308 e. The molecule has 1 rings (SSSR count). The molecule has 0 saturated carbocycles. The van der Waals surface area contributed by atoms with Gasteiger partial charge >= 0.3 is 5.97 Å². The Bertz CT molecular complexity index is 300. The second-order valence-electron chi connectivity index (χ2n) is 3.16. The van der Waals surface area contributed by atoms with E-state index in [9.17, 15) is 9.90 Å². The van der Waals surface area contributed by atoms with Gasteiger partial charge in [0.25, 0.3) is 0 Å². The van der Waals surface area contributed by atoms with E-state index < -0.39 is 6.10 Å². The van der Waals surface area contributed by atoms with Crippen molar-refractivity contribution >= 4 is 28.6 Å². The molecular weight excluding hydrogens is 307 g/mol. The molecule has 0 fully saturated rings. The van der Waals surface area contributed by atoms with Crippen LogP contribution in [0.1, 0.15) is 12.0 Å². The van der Waals surface area contributed by atoms with Crippen LogP contribution in [0.25, 0.3) is 0 Å². The number of hydrogen-bond donors (Lipinski definition) is 1. The molecule has 4 heteroatoms. The normalized spacial score (nSPS) is 12.1. The lowest BCUT2D eigenvalue weighted by atomic mass is 10.2. The molecule has 0 aliphatic rings. The van der Waals surface area contributed by atoms with E-state index in [0.29, 0.717) is 4.43 Å². The number of carbonyl (C=O) groups excluding carboxylic acids is 1. The molecule has 0 amide bonds. The smallest absolute Gasteiger partial charge is 0.308 e. The monoisotopic (exact) mass is 320 g/mol. The summed E-state index contributed by atoms with van der Waals surface area (Å²) in [5, 5.41) is 9.22. The topological polar surface area (TPSA) is 46.5 Å². The highest BCUT2D eigenvalue weighted by molar-refractivity contribution is 14.1. The van der Waals surface area contributed by atoms with Gasteiger partial charge in [-0.05, 0) is 5.56 Å². The third-order valence-electron chi connectivity index (χ3n) is 1.82. The number of aliphatic hydroxyl groups is 1. The minimum atomic E-state index is -0.603. The Kier molecular flexibility index (Phi) is 5.63. The number of benzene rings is 1. The summed E-state index contributed by atoms with van der Waals surface area (Å²) in [4.78, 5) is 11.2. The van der Waals surface area contributed by atoms with Crippen molar-refractivity contribution in [2.24, 2.45) is 0 Å². The Morgan fingerprint density at radius 1 is 1.40 bits per heavy atom. The highest BCUT2D eigenvalue weighted by Crippen LogP contribution is 2.04. The van der Waals surface area contributed by atoms with Crippen molar-refractivity contribution in [3.05, 3.63) is 35.9 Å². The van der Waals surface area contributed by atoms with Crippen LogP contribution in [-0.4, -0.2) is 21.6 Å². The average molecular weight is 320 g/mol. The molecule has 3 nitrogen and oxygen atoms in total. The van der Waals surface area contributed by atoms with Crippen molar-refractivity contribution in [1.82, 2.24) is 0 Å². The molecule has 0 radical (unpaired) electrons. The fraction of sp³-hybridized carbons (Fsp3) is 0.364. The molecule has 0 heterocycles. The van der Waals surface area contributed by atoms with Crippen molar-refractivity contribution in [3.63, 3.8) is 0 Å². The number of carbonyl (C=O) groups is 1. The van der Waals surface area contributed by atoms with Gasteiger partial charge in [0.05, 0.1) is 12.5 Å². The summed E-state index contributed by atoms with van der Waals surface area (Å²) in [6, 6.07) is 9.47. The first-order valence-corrected chi connectivity index (χ1v) is 6.18. The molecule has 0 aliphatic carbocycles. The third-order valence-corrected chi connectivity index (χ3v) is 2.84. The van der Waals surface area contributed by atoms with Gasteiger partial charge in [-0.25, -0.2) is 0 Å². The van der Waals surface area contributed by atoms with Crippen LogP contribution in [0.15, 0.2) is 30.3 Å². The summed E-state index contributed by atoms with van der Waals surface area (Å²) in [5.74, 6) is -0.358. The first-order valence-electron chi connectivity index (χ1n) is 4.66. The fourth-order valence-electron chi connectivity index (χ4n) is 1.04. The van der Waals surface area contributed by atoms with Crippen LogP contribution in [0.5, 0.6) is 0 Å². The van der Waals surface area contributed by atoms with Crippen molar-refractivity contribution in [3.8, 4) is 0 Å². The van der Waals surface area contributed by atoms with Gasteiger partial charge in [0.2, 0.25) is 0 Å². The number of alkyl halides is 1. The number of halogens is 1. The van der Waals surface area contributed by atoms with Crippen molar-refractivity contribution in [1.29, 1.82) is 0 Å². The second-order valence-corrected chi connectivity index (χ2v) is 4.04. The zero-order valence-corrected chi connectivity index (χ0v) is 10.4. The Morgan fingerprint density at radius 2 is 2.07 bits per heavy atom. The van der Waals surface area contributed by atoms with E-state index in [-0.39, 0.29) is 19.0 Å². The van der Waals surface area contributed by atoms with E-state index >= 15 is 0 Å². The summed E-state index contributed by atoms with van der Waals surface area (Å²) in [5.41, 5.74) is 0.954. The van der Waals surface area contributed by atoms with Gasteiger partial charge in [-0.2, -0.15) is 0 Å².